The lowest BCUT2D eigenvalue weighted by Gasteiger charge is -2.18. The first kappa shape index (κ1) is 25.7. The van der Waals surface area contributed by atoms with E-state index in [1.54, 1.807) is 4.90 Å². The summed E-state index contributed by atoms with van der Waals surface area (Å²) in [6.07, 6.45) is 4.32. The second-order valence-electron chi connectivity index (χ2n) is 8.51. The zero-order chi connectivity index (χ0) is 25.7. The number of carbonyl (C=O) groups excluding carboxylic acids is 1. The molecule has 1 heterocycles. The third-order valence-corrected chi connectivity index (χ3v) is 7.03. The van der Waals surface area contributed by atoms with Crippen molar-refractivity contribution >= 4 is 46.0 Å². The van der Waals surface area contributed by atoms with Crippen LogP contribution in [0.1, 0.15) is 34.7 Å². The molecule has 0 saturated carbocycles. The van der Waals surface area contributed by atoms with E-state index in [4.69, 9.17) is 21.7 Å². The van der Waals surface area contributed by atoms with Gasteiger partial charge in [0.15, 0.2) is 15.8 Å². The number of rotatable bonds is 9. The van der Waals surface area contributed by atoms with Crippen LogP contribution in [-0.4, -0.2) is 16.8 Å². The monoisotopic (exact) mass is 515 g/mol. The minimum absolute atomic E-state index is 0.121. The number of ether oxygens (including phenoxy) is 2. The van der Waals surface area contributed by atoms with Gasteiger partial charge >= 0.3 is 0 Å². The van der Waals surface area contributed by atoms with Gasteiger partial charge in [-0.15, -0.1) is 6.58 Å². The van der Waals surface area contributed by atoms with Crippen LogP contribution < -0.4 is 14.4 Å². The molecule has 1 saturated heterocycles. The number of thioether (sulfide) groups is 1. The highest BCUT2D eigenvalue weighted by molar-refractivity contribution is 8.27. The Morgan fingerprint density at radius 1 is 1.06 bits per heavy atom. The number of allylic oxidation sites excluding steroid dienone is 1. The van der Waals surface area contributed by atoms with Gasteiger partial charge in [-0.05, 0) is 68.2 Å². The van der Waals surface area contributed by atoms with E-state index >= 15 is 0 Å². The Morgan fingerprint density at radius 2 is 1.83 bits per heavy atom. The van der Waals surface area contributed by atoms with E-state index in [-0.39, 0.29) is 5.91 Å². The molecular weight excluding hydrogens is 486 g/mol. The van der Waals surface area contributed by atoms with Crippen LogP contribution in [0, 0.1) is 13.8 Å². The highest BCUT2D eigenvalue weighted by Gasteiger charge is 2.34. The van der Waals surface area contributed by atoms with Crippen LogP contribution in [0.4, 0.5) is 5.69 Å². The zero-order valence-electron chi connectivity index (χ0n) is 20.7. The first-order valence-corrected chi connectivity index (χ1v) is 13.1. The van der Waals surface area contributed by atoms with Crippen molar-refractivity contribution < 1.29 is 14.3 Å². The van der Waals surface area contributed by atoms with Gasteiger partial charge in [0.1, 0.15) is 6.61 Å². The smallest absolute Gasteiger partial charge is 0.270 e. The third-order valence-electron chi connectivity index (χ3n) is 5.73. The molecule has 1 aliphatic rings. The molecule has 1 fully saturated rings. The summed E-state index contributed by atoms with van der Waals surface area (Å²) in [5.41, 5.74) is 5.85. The van der Waals surface area contributed by atoms with Crippen LogP contribution in [0.25, 0.3) is 6.08 Å². The minimum Gasteiger partial charge on any atom is -0.490 e. The van der Waals surface area contributed by atoms with Gasteiger partial charge < -0.3 is 9.47 Å². The maximum absolute atomic E-state index is 13.4. The van der Waals surface area contributed by atoms with Crippen LogP contribution in [0.2, 0.25) is 0 Å². The first-order chi connectivity index (χ1) is 17.4. The number of anilines is 1. The molecule has 36 heavy (non-hydrogen) atoms. The Labute approximate surface area is 222 Å². The molecule has 1 amide bonds. The van der Waals surface area contributed by atoms with E-state index in [0.717, 1.165) is 33.5 Å². The van der Waals surface area contributed by atoms with Crippen molar-refractivity contribution in [1.29, 1.82) is 0 Å². The molecule has 0 radical (unpaired) electrons. The van der Waals surface area contributed by atoms with Crippen molar-refractivity contribution in [3.05, 3.63) is 106 Å². The van der Waals surface area contributed by atoms with E-state index in [1.807, 2.05) is 87.5 Å². The Balaban J connectivity index is 1.67. The summed E-state index contributed by atoms with van der Waals surface area (Å²) in [6.45, 7) is 10.8. The van der Waals surface area contributed by atoms with Crippen LogP contribution >= 0.6 is 24.0 Å². The highest BCUT2D eigenvalue weighted by atomic mass is 32.2. The highest BCUT2D eigenvalue weighted by Crippen LogP contribution is 2.40. The summed E-state index contributed by atoms with van der Waals surface area (Å²) in [7, 11) is 0. The van der Waals surface area contributed by atoms with Crippen molar-refractivity contribution in [3.63, 3.8) is 0 Å². The van der Waals surface area contributed by atoms with E-state index < -0.39 is 0 Å². The molecule has 0 unspecified atom stereocenters. The van der Waals surface area contributed by atoms with Crippen LogP contribution in [-0.2, 0) is 17.8 Å². The molecule has 6 heteroatoms. The molecule has 0 N–H and O–H groups in total. The molecule has 0 aromatic heterocycles. The maximum atomic E-state index is 13.4. The number of nitrogens with zero attached hydrogens (tertiary/aromatic N) is 1. The van der Waals surface area contributed by atoms with E-state index in [9.17, 15) is 4.79 Å². The molecule has 0 bridgehead atoms. The molecule has 1 aliphatic heterocycles. The SMILES string of the molecule is C=CCc1cc(/C=C2/SC(=S)N(c3ccc(C)cc3C)C2=O)cc(OCC)c1OCc1ccccc1. The van der Waals surface area contributed by atoms with Gasteiger partial charge in [0.2, 0.25) is 0 Å². The lowest BCUT2D eigenvalue weighted by atomic mass is 10.0. The number of carbonyl (C=O) groups is 1. The van der Waals surface area contributed by atoms with Crippen molar-refractivity contribution in [2.24, 2.45) is 0 Å². The second-order valence-corrected chi connectivity index (χ2v) is 10.2. The normalized spacial score (nSPS) is 14.4. The van der Waals surface area contributed by atoms with E-state index in [0.29, 0.717) is 40.4 Å². The maximum Gasteiger partial charge on any atom is 0.270 e. The van der Waals surface area contributed by atoms with Crippen molar-refractivity contribution in [2.75, 3.05) is 11.5 Å². The van der Waals surface area contributed by atoms with Gasteiger partial charge in [0, 0.05) is 5.56 Å². The number of benzene rings is 3. The van der Waals surface area contributed by atoms with Crippen LogP contribution in [0.3, 0.4) is 0 Å². The fourth-order valence-corrected chi connectivity index (χ4v) is 5.40. The van der Waals surface area contributed by atoms with Crippen LogP contribution in [0.5, 0.6) is 11.5 Å². The van der Waals surface area contributed by atoms with Crippen molar-refractivity contribution in [2.45, 2.75) is 33.8 Å². The fourth-order valence-electron chi connectivity index (χ4n) is 4.11. The predicted octanol–water partition coefficient (Wildman–Crippen LogP) is 7.42. The number of thiocarbonyl (C=S) groups is 1. The minimum atomic E-state index is -0.121. The summed E-state index contributed by atoms with van der Waals surface area (Å²) in [5.74, 6) is 1.22. The molecule has 3 aromatic carbocycles. The summed E-state index contributed by atoms with van der Waals surface area (Å²) in [5, 5.41) is 0. The molecule has 0 spiro atoms. The molecular formula is C30H29NO3S2. The first-order valence-electron chi connectivity index (χ1n) is 11.8. The average molecular weight is 516 g/mol. The quantitative estimate of drug-likeness (QED) is 0.168. The van der Waals surface area contributed by atoms with Crippen molar-refractivity contribution in [1.82, 2.24) is 0 Å². The molecule has 4 rings (SSSR count). The van der Waals surface area contributed by atoms with Gasteiger partial charge in [-0.25, -0.2) is 0 Å². The average Bonchev–Trinajstić information content (AvgIpc) is 3.12. The fraction of sp³-hybridized carbons (Fsp3) is 0.200. The van der Waals surface area contributed by atoms with Gasteiger partial charge in [-0.1, -0.05) is 78.1 Å². The molecule has 0 aliphatic carbocycles. The van der Waals surface area contributed by atoms with E-state index in [2.05, 4.69) is 12.6 Å². The Kier molecular flexibility index (Phi) is 8.28. The predicted molar refractivity (Wildman–Crippen MR) is 154 cm³/mol. The van der Waals surface area contributed by atoms with Crippen molar-refractivity contribution in [3.8, 4) is 11.5 Å². The largest absolute Gasteiger partial charge is 0.490 e. The molecule has 0 atom stereocenters. The Hall–Kier alpha value is -3.35. The third kappa shape index (κ3) is 5.72. The molecule has 4 nitrogen and oxygen atoms in total. The number of aryl methyl sites for hydroxylation is 2. The lowest BCUT2D eigenvalue weighted by molar-refractivity contribution is -0.113. The summed E-state index contributed by atoms with van der Waals surface area (Å²) >= 11 is 6.90. The van der Waals surface area contributed by atoms with Gasteiger partial charge in [0.25, 0.3) is 5.91 Å². The summed E-state index contributed by atoms with van der Waals surface area (Å²) < 4.78 is 12.7. The number of hydrogen-bond acceptors (Lipinski definition) is 5. The van der Waals surface area contributed by atoms with Crippen LogP contribution in [0.15, 0.2) is 78.2 Å². The molecule has 3 aromatic rings. The second kappa shape index (κ2) is 11.6. The molecule has 184 valence electrons. The lowest BCUT2D eigenvalue weighted by Crippen LogP contribution is -2.28. The standard InChI is InChI=1S/C30H29NO3S2/c1-5-10-24-16-23(17-26(33-6-2)28(24)34-19-22-11-8-7-9-12-22)18-27-29(32)31(30(35)36-27)25-14-13-20(3)15-21(25)4/h5,7-9,11-18H,1,6,10,19H2,2-4H3/b27-18+. The topological polar surface area (TPSA) is 38.8 Å². The Morgan fingerprint density at radius 3 is 2.53 bits per heavy atom. The number of amides is 1. The van der Waals surface area contributed by atoms with E-state index in [1.165, 1.54) is 11.8 Å². The Bertz CT molecular complexity index is 1330. The van der Waals surface area contributed by atoms with Gasteiger partial charge in [0.05, 0.1) is 17.2 Å². The summed E-state index contributed by atoms with van der Waals surface area (Å²) in [6, 6.07) is 20.0. The number of hydrogen-bond donors (Lipinski definition) is 0. The zero-order valence-corrected chi connectivity index (χ0v) is 22.4. The summed E-state index contributed by atoms with van der Waals surface area (Å²) in [4.78, 5) is 15.6. The van der Waals surface area contributed by atoms with Gasteiger partial charge in [-0.3, -0.25) is 9.69 Å². The van der Waals surface area contributed by atoms with Gasteiger partial charge in [-0.2, -0.15) is 0 Å².